The Labute approximate surface area is 247 Å². The van der Waals surface area contributed by atoms with Crippen LogP contribution in [0.4, 0.5) is 0 Å². The lowest BCUT2D eigenvalue weighted by atomic mass is 10.2. The molecule has 0 atom stereocenters. The van der Waals surface area contributed by atoms with E-state index in [0.29, 0.717) is 24.2 Å². The summed E-state index contributed by atoms with van der Waals surface area (Å²) in [7, 11) is -3.58. The lowest BCUT2D eigenvalue weighted by molar-refractivity contribution is -0.364. The van der Waals surface area contributed by atoms with Crippen LogP contribution in [0.25, 0.3) is 0 Å². The molecule has 0 heterocycles. The maximum atomic E-state index is 12.7. The number of hydrogen-bond donors (Lipinski definition) is 0. The van der Waals surface area contributed by atoms with Crippen molar-refractivity contribution in [1.82, 2.24) is 0 Å². The van der Waals surface area contributed by atoms with Crippen molar-refractivity contribution in [2.45, 2.75) is 64.7 Å². The van der Waals surface area contributed by atoms with E-state index >= 15 is 0 Å². The van der Waals surface area contributed by atoms with Crippen molar-refractivity contribution in [3.63, 3.8) is 0 Å². The minimum atomic E-state index is -1.79. The van der Waals surface area contributed by atoms with Crippen LogP contribution in [0.15, 0.2) is 73.1 Å². The summed E-state index contributed by atoms with van der Waals surface area (Å²) in [6.07, 6.45) is 0.430. The molecule has 0 fully saturated rings. The topological polar surface area (TPSA) is 80.3 Å². The molecule has 0 aliphatic carbocycles. The van der Waals surface area contributed by atoms with E-state index in [1.807, 2.05) is 24.3 Å². The molecular formula is C32H44O7Si2. The van der Waals surface area contributed by atoms with E-state index in [1.165, 1.54) is 10.4 Å². The highest BCUT2D eigenvalue weighted by atomic mass is 28.3. The summed E-state index contributed by atoms with van der Waals surface area (Å²) in [5.41, 5.74) is 4.80. The van der Waals surface area contributed by atoms with Crippen molar-refractivity contribution in [2.24, 2.45) is 0 Å². The highest BCUT2D eigenvalue weighted by Crippen LogP contribution is 2.20. The average Bonchev–Trinajstić information content (AvgIpc) is 3.02. The first-order chi connectivity index (χ1) is 19.8. The van der Waals surface area contributed by atoms with Crippen LogP contribution < -0.4 is 10.4 Å². The van der Waals surface area contributed by atoms with Gasteiger partial charge in [0.1, 0.15) is 16.1 Å². The molecule has 0 saturated carbocycles. The second-order valence-corrected chi connectivity index (χ2v) is 19.2. The molecule has 0 amide bonds. The van der Waals surface area contributed by atoms with E-state index in [2.05, 4.69) is 59.2 Å². The normalized spacial score (nSPS) is 11.8. The van der Waals surface area contributed by atoms with Gasteiger partial charge in [0, 0.05) is 13.0 Å². The Morgan fingerprint density at radius 1 is 0.659 bits per heavy atom. The van der Waals surface area contributed by atoms with Gasteiger partial charge in [-0.1, -0.05) is 105 Å². The van der Waals surface area contributed by atoms with E-state index in [1.54, 1.807) is 24.3 Å². The number of rotatable bonds is 19. The van der Waals surface area contributed by atoms with Crippen LogP contribution in [0, 0.1) is 13.2 Å². The SMILES string of the molecule is [CH2]CCOCC[C](OOC(=O)c1ccc([Si](C=C)(CC)CC)cc1)OOC(=O)c1ccc([Si](C=C)(CC)CC)cc1. The molecule has 0 aliphatic heterocycles. The summed E-state index contributed by atoms with van der Waals surface area (Å²) in [5, 5.41) is 2.41. The van der Waals surface area contributed by atoms with Crippen LogP contribution in [0.1, 0.15) is 61.3 Å². The minimum Gasteiger partial charge on any atom is -0.381 e. The Morgan fingerprint density at radius 2 is 1.05 bits per heavy atom. The van der Waals surface area contributed by atoms with Crippen LogP contribution in [0.2, 0.25) is 24.2 Å². The molecule has 0 aromatic heterocycles. The lowest BCUT2D eigenvalue weighted by Crippen LogP contribution is -2.44. The van der Waals surface area contributed by atoms with E-state index in [9.17, 15) is 9.59 Å². The van der Waals surface area contributed by atoms with Crippen LogP contribution in [-0.4, -0.2) is 41.3 Å². The molecular weight excluding hydrogens is 553 g/mol. The first-order valence-electron chi connectivity index (χ1n) is 14.3. The molecule has 2 rings (SSSR count). The van der Waals surface area contributed by atoms with Crippen LogP contribution in [-0.2, 0) is 24.3 Å². The predicted octanol–water partition coefficient (Wildman–Crippen LogP) is 6.53. The Balaban J connectivity index is 2.04. The van der Waals surface area contributed by atoms with Gasteiger partial charge in [-0.25, -0.2) is 9.59 Å². The van der Waals surface area contributed by atoms with Crippen molar-refractivity contribution in [2.75, 3.05) is 13.2 Å². The molecule has 0 bridgehead atoms. The molecule has 0 unspecified atom stereocenters. The first-order valence-corrected chi connectivity index (χ1v) is 19.3. The molecule has 2 radical (unpaired) electrons. The highest BCUT2D eigenvalue weighted by Gasteiger charge is 2.29. The van der Waals surface area contributed by atoms with Crippen LogP contribution in [0.3, 0.4) is 0 Å². The Bertz CT molecular complexity index is 1020. The Kier molecular flexibility index (Phi) is 14.4. The van der Waals surface area contributed by atoms with E-state index in [4.69, 9.17) is 24.3 Å². The highest BCUT2D eigenvalue weighted by molar-refractivity contribution is 6.96. The summed E-state index contributed by atoms with van der Waals surface area (Å²) in [5.74, 6) is -1.42. The average molecular weight is 597 g/mol. The van der Waals surface area contributed by atoms with Gasteiger partial charge in [0.05, 0.1) is 17.7 Å². The van der Waals surface area contributed by atoms with E-state index in [0.717, 1.165) is 24.2 Å². The molecule has 0 spiro atoms. The van der Waals surface area contributed by atoms with Gasteiger partial charge in [0.2, 0.25) is 0 Å². The monoisotopic (exact) mass is 596 g/mol. The minimum absolute atomic E-state index is 0.0688. The number of hydrogen-bond acceptors (Lipinski definition) is 7. The standard InChI is InChI=1S/C32H44O7Si2/c1-8-24-35-25-23-30(36-38-31(33)26-15-19-28(20-16-26)40(9-2,10-3)11-4)37-39-32(34)27-17-21-29(22-18-27)41(12-5,13-6)14-7/h9,12,15-22H,1-2,5,8,10-11,13-14,23-25H2,3-4,6-7H3. The van der Waals surface area contributed by atoms with Gasteiger partial charge in [-0.05, 0) is 30.7 Å². The van der Waals surface area contributed by atoms with Gasteiger partial charge in [0.25, 0.3) is 0 Å². The van der Waals surface area contributed by atoms with Gasteiger partial charge in [-0.3, -0.25) is 9.78 Å². The quantitative estimate of drug-likeness (QED) is 0.0790. The number of carbonyl (C=O) groups excluding carboxylic acids is 2. The second kappa shape index (κ2) is 17.2. The second-order valence-electron chi connectivity index (χ2n) is 9.79. The molecule has 2 aromatic rings. The fourth-order valence-electron chi connectivity index (χ4n) is 4.73. The molecule has 9 heteroatoms. The fourth-order valence-corrected chi connectivity index (χ4v) is 10.6. The van der Waals surface area contributed by atoms with Gasteiger partial charge in [-0.2, -0.15) is 0 Å². The van der Waals surface area contributed by atoms with Crippen molar-refractivity contribution < 1.29 is 33.9 Å². The van der Waals surface area contributed by atoms with E-state index in [-0.39, 0.29) is 19.3 Å². The zero-order valence-corrected chi connectivity index (χ0v) is 26.9. The summed E-state index contributed by atoms with van der Waals surface area (Å²) < 4.78 is 5.42. The van der Waals surface area contributed by atoms with Crippen LogP contribution in [0.5, 0.6) is 0 Å². The number of ether oxygens (including phenoxy) is 1. The molecule has 7 nitrogen and oxygen atoms in total. The van der Waals surface area contributed by atoms with Gasteiger partial charge in [0.15, 0.2) is 0 Å². The van der Waals surface area contributed by atoms with Gasteiger partial charge >= 0.3 is 18.2 Å². The third-order valence-electron chi connectivity index (χ3n) is 7.86. The molecule has 0 N–H and O–H groups in total. The molecule has 41 heavy (non-hydrogen) atoms. The third-order valence-corrected chi connectivity index (χ3v) is 17.4. The van der Waals surface area contributed by atoms with E-state index < -0.39 is 28.1 Å². The number of benzene rings is 2. The summed E-state index contributed by atoms with van der Waals surface area (Å²) in [4.78, 5) is 45.6. The summed E-state index contributed by atoms with van der Waals surface area (Å²) in [6, 6.07) is 18.7. The predicted molar refractivity (Wildman–Crippen MR) is 168 cm³/mol. The molecule has 2 aromatic carbocycles. The van der Waals surface area contributed by atoms with Crippen molar-refractivity contribution in [3.8, 4) is 0 Å². The maximum Gasteiger partial charge on any atom is 0.373 e. The molecule has 0 aliphatic rings. The van der Waals surface area contributed by atoms with Crippen molar-refractivity contribution in [1.29, 1.82) is 0 Å². The maximum absolute atomic E-state index is 12.7. The molecule has 222 valence electrons. The first kappa shape index (κ1) is 34.4. The Hall–Kier alpha value is -2.83. The number of carbonyl (C=O) groups is 2. The lowest BCUT2D eigenvalue weighted by Gasteiger charge is -2.26. The third kappa shape index (κ3) is 9.08. The van der Waals surface area contributed by atoms with Crippen molar-refractivity contribution in [3.05, 3.63) is 97.4 Å². The smallest absolute Gasteiger partial charge is 0.373 e. The zero-order valence-electron chi connectivity index (χ0n) is 24.9. The fraction of sp³-hybridized carbons (Fsp3) is 0.375. The van der Waals surface area contributed by atoms with Gasteiger partial charge < -0.3 is 4.74 Å². The van der Waals surface area contributed by atoms with Crippen molar-refractivity contribution >= 4 is 38.5 Å². The van der Waals surface area contributed by atoms with Gasteiger partial charge in [-0.15, -0.1) is 22.9 Å². The Morgan fingerprint density at radius 3 is 1.37 bits per heavy atom. The van der Waals surface area contributed by atoms with Crippen LogP contribution >= 0.6 is 0 Å². The molecule has 0 saturated heterocycles. The largest absolute Gasteiger partial charge is 0.381 e. The summed E-state index contributed by atoms with van der Waals surface area (Å²) >= 11 is 0. The zero-order chi connectivity index (χ0) is 30.3. The summed E-state index contributed by atoms with van der Waals surface area (Å²) in [6.45, 7) is 21.1.